The number of hydrogen-bond acceptors (Lipinski definition) is 9. The lowest BCUT2D eigenvalue weighted by molar-refractivity contribution is -0.357. The van der Waals surface area contributed by atoms with Crippen LogP contribution in [-0.2, 0) is 10.5 Å². The van der Waals surface area contributed by atoms with E-state index in [2.05, 4.69) is 0 Å². The molecule has 9 heteroatoms. The first-order chi connectivity index (χ1) is 11.3. The fourth-order valence-corrected chi connectivity index (χ4v) is 2.68. The van der Waals surface area contributed by atoms with Crippen molar-refractivity contribution in [3.63, 3.8) is 0 Å². The maximum atomic E-state index is 10.8. The number of benzene rings is 1. The number of rotatable bonds is 5. The summed E-state index contributed by atoms with van der Waals surface area (Å²) in [6.07, 6.45) is -6.47. The zero-order valence-corrected chi connectivity index (χ0v) is 13.5. The molecule has 1 aliphatic rings. The molecule has 1 heterocycles. The Morgan fingerprint density at radius 3 is 1.96 bits per heavy atom. The summed E-state index contributed by atoms with van der Waals surface area (Å²) >= 11 is 0. The predicted octanol–water partition coefficient (Wildman–Crippen LogP) is -1.67. The fraction of sp³-hybridized carbons (Fsp3) is 0.600. The molecule has 136 valence electrons. The van der Waals surface area contributed by atoms with E-state index in [-0.39, 0.29) is 22.8 Å². The Labute approximate surface area is 138 Å². The van der Waals surface area contributed by atoms with Gasteiger partial charge in [-0.05, 0) is 12.1 Å². The average molecular weight is 346 g/mol. The molecule has 0 radical (unpaired) electrons. The summed E-state index contributed by atoms with van der Waals surface area (Å²) < 4.78 is 20.8. The molecule has 5 atom stereocenters. The normalized spacial score (nSPS) is 33.2. The minimum absolute atomic E-state index is 0.00565. The fourth-order valence-electron chi connectivity index (χ4n) is 2.68. The molecule has 2 rings (SSSR count). The second-order valence-electron chi connectivity index (χ2n) is 5.38. The molecule has 1 saturated heterocycles. The highest BCUT2D eigenvalue weighted by Gasteiger charge is 2.54. The Morgan fingerprint density at radius 2 is 1.54 bits per heavy atom. The molecule has 5 N–H and O–H groups in total. The summed E-state index contributed by atoms with van der Waals surface area (Å²) in [5.41, 5.74) is -0.00565. The van der Waals surface area contributed by atoms with Gasteiger partial charge in [-0.3, -0.25) is 0 Å². The Balaban J connectivity index is 2.55. The molecule has 1 aliphatic heterocycles. The number of aliphatic hydroxyl groups excluding tert-OH is 4. The lowest BCUT2D eigenvalue weighted by atomic mass is 9.88. The van der Waals surface area contributed by atoms with Crippen LogP contribution in [0.1, 0.15) is 5.56 Å². The third-order valence-corrected chi connectivity index (χ3v) is 4.04. The van der Waals surface area contributed by atoms with Crippen LogP contribution >= 0.6 is 0 Å². The molecule has 0 spiro atoms. The van der Waals surface area contributed by atoms with Crippen molar-refractivity contribution < 1.29 is 44.5 Å². The van der Waals surface area contributed by atoms with Gasteiger partial charge in [0.05, 0.1) is 27.9 Å². The molecule has 9 nitrogen and oxygen atoms in total. The molecule has 24 heavy (non-hydrogen) atoms. The predicted molar refractivity (Wildman–Crippen MR) is 80.0 cm³/mol. The van der Waals surface area contributed by atoms with E-state index >= 15 is 0 Å². The molecular weight excluding hydrogens is 324 g/mol. The second kappa shape index (κ2) is 7.09. The van der Waals surface area contributed by atoms with E-state index < -0.39 is 36.8 Å². The summed E-state index contributed by atoms with van der Waals surface area (Å²) in [6.45, 7) is -0.669. The zero-order chi connectivity index (χ0) is 18.1. The third kappa shape index (κ3) is 2.90. The lowest BCUT2D eigenvalue weighted by Crippen LogP contribution is -2.63. The quantitative estimate of drug-likeness (QED) is 0.424. The van der Waals surface area contributed by atoms with Gasteiger partial charge in [-0.25, -0.2) is 0 Å². The van der Waals surface area contributed by atoms with E-state index in [4.69, 9.17) is 18.9 Å². The highest BCUT2D eigenvalue weighted by Crippen LogP contribution is 2.44. The van der Waals surface area contributed by atoms with Crippen LogP contribution in [0.2, 0.25) is 0 Å². The molecule has 1 aromatic carbocycles. The van der Waals surface area contributed by atoms with Crippen LogP contribution in [0, 0.1) is 0 Å². The summed E-state index contributed by atoms with van der Waals surface area (Å²) in [7, 11) is 4.15. The molecule has 0 bridgehead atoms. The summed E-state index contributed by atoms with van der Waals surface area (Å²) in [5, 5.41) is 50.0. The van der Waals surface area contributed by atoms with Gasteiger partial charge in [-0.15, -0.1) is 0 Å². The maximum Gasteiger partial charge on any atom is 0.222 e. The average Bonchev–Trinajstić information content (AvgIpc) is 2.61. The van der Waals surface area contributed by atoms with Crippen LogP contribution in [-0.4, -0.2) is 77.9 Å². The number of hydrogen-bond donors (Lipinski definition) is 5. The summed E-state index contributed by atoms with van der Waals surface area (Å²) in [5.74, 6) is -1.76. The van der Waals surface area contributed by atoms with Crippen LogP contribution in [0.3, 0.4) is 0 Å². The molecule has 0 unspecified atom stereocenters. The minimum atomic E-state index is -2.40. The topological polar surface area (TPSA) is 138 Å². The van der Waals surface area contributed by atoms with Crippen molar-refractivity contribution >= 4 is 0 Å². The lowest BCUT2D eigenvalue weighted by Gasteiger charge is -2.45. The van der Waals surface area contributed by atoms with Gasteiger partial charge in [0.2, 0.25) is 11.5 Å². The molecule has 1 fully saturated rings. The van der Waals surface area contributed by atoms with Gasteiger partial charge in [0.25, 0.3) is 0 Å². The van der Waals surface area contributed by atoms with Gasteiger partial charge < -0.3 is 44.5 Å². The SMILES string of the molecule is COc1cc([C@@]2(O)O[C@H](CO)[C@@H](O)[C@H](O)[C@H]2O)cc(OC)c1OC. The van der Waals surface area contributed by atoms with E-state index in [9.17, 15) is 25.5 Å². The van der Waals surface area contributed by atoms with Crippen LogP contribution in [0.15, 0.2) is 12.1 Å². The van der Waals surface area contributed by atoms with Crippen LogP contribution in [0.5, 0.6) is 17.2 Å². The molecular formula is C15H22O9. The number of aliphatic hydroxyl groups is 5. The molecule has 0 saturated carbocycles. The second-order valence-corrected chi connectivity index (χ2v) is 5.38. The zero-order valence-electron chi connectivity index (χ0n) is 13.5. The molecule has 0 aromatic heterocycles. The van der Waals surface area contributed by atoms with Crippen molar-refractivity contribution in [2.45, 2.75) is 30.2 Å². The van der Waals surface area contributed by atoms with Gasteiger partial charge in [0.1, 0.15) is 24.4 Å². The Hall–Kier alpha value is -1.62. The maximum absolute atomic E-state index is 10.8. The van der Waals surface area contributed by atoms with E-state index in [0.29, 0.717) is 0 Å². The van der Waals surface area contributed by atoms with Crippen molar-refractivity contribution in [2.75, 3.05) is 27.9 Å². The largest absolute Gasteiger partial charge is 0.493 e. The van der Waals surface area contributed by atoms with Crippen LogP contribution in [0.4, 0.5) is 0 Å². The molecule has 0 aliphatic carbocycles. The Morgan fingerprint density at radius 1 is 1.00 bits per heavy atom. The highest BCUT2D eigenvalue weighted by atomic mass is 16.7. The summed E-state index contributed by atoms with van der Waals surface area (Å²) in [6, 6.07) is 2.67. The molecule has 0 amide bonds. The van der Waals surface area contributed by atoms with Crippen molar-refractivity contribution in [1.82, 2.24) is 0 Å². The number of methoxy groups -OCH3 is 3. The smallest absolute Gasteiger partial charge is 0.222 e. The summed E-state index contributed by atoms with van der Waals surface area (Å²) in [4.78, 5) is 0. The van der Waals surface area contributed by atoms with Gasteiger partial charge >= 0.3 is 0 Å². The first-order valence-corrected chi connectivity index (χ1v) is 7.19. The Kier molecular flexibility index (Phi) is 5.53. The standard InChI is InChI=1S/C15H22O9/c1-21-8-4-7(5-9(22-2)13(8)23-3)15(20)14(19)12(18)11(17)10(6-16)24-15/h4-5,10-12,14,16-20H,6H2,1-3H3/t10-,11-,12+,14-,15-/m1/s1. The van der Waals surface area contributed by atoms with E-state index in [0.717, 1.165) is 0 Å². The van der Waals surface area contributed by atoms with Crippen molar-refractivity contribution in [1.29, 1.82) is 0 Å². The van der Waals surface area contributed by atoms with Crippen molar-refractivity contribution in [3.05, 3.63) is 17.7 Å². The van der Waals surface area contributed by atoms with Gasteiger partial charge in [0, 0.05) is 5.56 Å². The monoisotopic (exact) mass is 346 g/mol. The number of ether oxygens (including phenoxy) is 4. The minimum Gasteiger partial charge on any atom is -0.493 e. The third-order valence-electron chi connectivity index (χ3n) is 4.04. The van der Waals surface area contributed by atoms with E-state index in [1.54, 1.807) is 0 Å². The first kappa shape index (κ1) is 18.7. The highest BCUT2D eigenvalue weighted by molar-refractivity contribution is 5.55. The van der Waals surface area contributed by atoms with Gasteiger partial charge in [0.15, 0.2) is 11.5 Å². The van der Waals surface area contributed by atoms with Gasteiger partial charge in [-0.2, -0.15) is 0 Å². The van der Waals surface area contributed by atoms with Crippen molar-refractivity contribution in [2.24, 2.45) is 0 Å². The van der Waals surface area contributed by atoms with E-state index in [1.165, 1.54) is 33.5 Å². The molecule has 1 aromatic rings. The van der Waals surface area contributed by atoms with Crippen molar-refractivity contribution in [3.8, 4) is 17.2 Å². The Bertz CT molecular complexity index is 551. The first-order valence-electron chi connectivity index (χ1n) is 7.19. The van der Waals surface area contributed by atoms with E-state index in [1.807, 2.05) is 0 Å². The van der Waals surface area contributed by atoms with Crippen LogP contribution < -0.4 is 14.2 Å². The van der Waals surface area contributed by atoms with Gasteiger partial charge in [-0.1, -0.05) is 0 Å². The van der Waals surface area contributed by atoms with Crippen LogP contribution in [0.25, 0.3) is 0 Å².